The van der Waals surface area contributed by atoms with Crippen LogP contribution in [0, 0.1) is 0 Å². The largest absolute Gasteiger partial charge is 0.481 e. The van der Waals surface area contributed by atoms with Crippen molar-refractivity contribution in [1.82, 2.24) is 25.2 Å². The minimum absolute atomic E-state index is 0.100. The summed E-state index contributed by atoms with van der Waals surface area (Å²) in [7, 11) is 1.40. The van der Waals surface area contributed by atoms with E-state index in [4.69, 9.17) is 4.74 Å². The van der Waals surface area contributed by atoms with Crippen molar-refractivity contribution in [2.24, 2.45) is 0 Å². The van der Waals surface area contributed by atoms with Crippen molar-refractivity contribution < 1.29 is 17.9 Å². The third-order valence-corrected chi connectivity index (χ3v) is 1.90. The van der Waals surface area contributed by atoms with Crippen LogP contribution in [0.15, 0.2) is 18.3 Å². The number of alkyl halides is 3. The molecule has 2 aromatic heterocycles. The van der Waals surface area contributed by atoms with E-state index in [-0.39, 0.29) is 11.6 Å². The maximum Gasteiger partial charge on any atom is 0.453 e. The molecule has 0 bridgehead atoms. The lowest BCUT2D eigenvalue weighted by Crippen LogP contribution is -2.14. The van der Waals surface area contributed by atoms with Gasteiger partial charge in [0.05, 0.1) is 19.0 Å². The minimum atomic E-state index is -4.62. The van der Waals surface area contributed by atoms with Crippen LogP contribution in [-0.2, 0) is 6.18 Å². The van der Waals surface area contributed by atoms with Gasteiger partial charge in [0.1, 0.15) is 0 Å². The Morgan fingerprint density at radius 2 is 2.06 bits per heavy atom. The number of aromatic nitrogens is 5. The predicted molar refractivity (Wildman–Crippen MR) is 48.5 cm³/mol. The lowest BCUT2D eigenvalue weighted by molar-refractivity contribution is -0.146. The molecule has 0 unspecified atom stereocenters. The first-order valence-corrected chi connectivity index (χ1v) is 4.38. The van der Waals surface area contributed by atoms with Gasteiger partial charge in [-0.2, -0.15) is 17.9 Å². The summed E-state index contributed by atoms with van der Waals surface area (Å²) in [6.45, 7) is 0. The van der Waals surface area contributed by atoms with E-state index in [0.29, 0.717) is 4.68 Å². The van der Waals surface area contributed by atoms with Gasteiger partial charge in [-0.05, 0) is 16.5 Å². The van der Waals surface area contributed by atoms with Gasteiger partial charge in [0.2, 0.25) is 5.88 Å². The summed E-state index contributed by atoms with van der Waals surface area (Å²) in [4.78, 5) is 3.77. The van der Waals surface area contributed by atoms with Gasteiger partial charge < -0.3 is 4.74 Å². The predicted octanol–water partition coefficient (Wildman–Crippen LogP) is 1.08. The molecule has 0 aliphatic rings. The number of rotatable bonds is 2. The average Bonchev–Trinajstić information content (AvgIpc) is 2.78. The first kappa shape index (κ1) is 11.3. The number of hydrogen-bond acceptors (Lipinski definition) is 5. The smallest absolute Gasteiger partial charge is 0.453 e. The second-order valence-corrected chi connectivity index (χ2v) is 2.97. The Hall–Kier alpha value is -2.19. The third-order valence-electron chi connectivity index (χ3n) is 1.90. The van der Waals surface area contributed by atoms with Crippen LogP contribution in [-0.4, -0.2) is 32.3 Å². The van der Waals surface area contributed by atoms with Crippen molar-refractivity contribution in [3.05, 3.63) is 24.2 Å². The van der Waals surface area contributed by atoms with Crippen molar-refractivity contribution in [1.29, 1.82) is 0 Å². The molecule has 17 heavy (non-hydrogen) atoms. The Morgan fingerprint density at radius 1 is 1.29 bits per heavy atom. The zero-order chi connectivity index (χ0) is 12.5. The van der Waals surface area contributed by atoms with E-state index in [1.54, 1.807) is 0 Å². The molecule has 2 rings (SSSR count). The highest BCUT2D eigenvalue weighted by atomic mass is 19.4. The van der Waals surface area contributed by atoms with E-state index in [2.05, 4.69) is 20.5 Å². The summed E-state index contributed by atoms with van der Waals surface area (Å²) in [5, 5.41) is 9.18. The van der Waals surface area contributed by atoms with E-state index in [0.717, 1.165) is 0 Å². The molecule has 0 spiro atoms. The fourth-order valence-corrected chi connectivity index (χ4v) is 1.16. The van der Waals surface area contributed by atoms with Crippen LogP contribution < -0.4 is 4.74 Å². The fraction of sp³-hybridized carbons (Fsp3) is 0.250. The van der Waals surface area contributed by atoms with Gasteiger partial charge in [-0.15, -0.1) is 5.10 Å². The van der Waals surface area contributed by atoms with Crippen LogP contribution >= 0.6 is 0 Å². The molecule has 0 aromatic carbocycles. The van der Waals surface area contributed by atoms with Crippen LogP contribution in [0.4, 0.5) is 13.2 Å². The summed E-state index contributed by atoms with van der Waals surface area (Å²) in [5.74, 6) is -0.917. The SMILES string of the molecule is COc1ccc(-n2nnnc2C(F)(F)F)cn1. The highest BCUT2D eigenvalue weighted by Gasteiger charge is 2.38. The summed E-state index contributed by atoms with van der Waals surface area (Å²) in [5.41, 5.74) is 0.100. The van der Waals surface area contributed by atoms with Crippen molar-refractivity contribution in [3.63, 3.8) is 0 Å². The number of nitrogens with zero attached hydrogens (tertiary/aromatic N) is 5. The van der Waals surface area contributed by atoms with Gasteiger partial charge >= 0.3 is 6.18 Å². The Morgan fingerprint density at radius 3 is 2.59 bits per heavy atom. The molecule has 2 aromatic rings. The standard InChI is InChI=1S/C8H6F3N5O/c1-17-6-3-2-5(4-12-6)16-7(8(9,10)11)13-14-15-16/h2-4H,1H3. The molecule has 9 heteroatoms. The molecular weight excluding hydrogens is 239 g/mol. The van der Waals surface area contributed by atoms with Crippen LogP contribution in [0.5, 0.6) is 5.88 Å². The summed E-state index contributed by atoms with van der Waals surface area (Å²) in [6.07, 6.45) is -3.44. The van der Waals surface area contributed by atoms with Crippen molar-refractivity contribution in [2.75, 3.05) is 7.11 Å². The van der Waals surface area contributed by atoms with Gasteiger partial charge in [0, 0.05) is 6.07 Å². The summed E-state index contributed by atoms with van der Waals surface area (Å²) < 4.78 is 42.9. The second kappa shape index (κ2) is 4.00. The van der Waals surface area contributed by atoms with Gasteiger partial charge in [0.25, 0.3) is 5.82 Å². The maximum atomic E-state index is 12.5. The zero-order valence-corrected chi connectivity index (χ0v) is 8.51. The normalized spacial score (nSPS) is 11.5. The van der Waals surface area contributed by atoms with E-state index in [1.807, 2.05) is 0 Å². The first-order chi connectivity index (χ1) is 8.02. The molecule has 90 valence electrons. The maximum absolute atomic E-state index is 12.5. The molecule has 0 N–H and O–H groups in total. The minimum Gasteiger partial charge on any atom is -0.481 e. The molecular formula is C8H6F3N5O. The molecule has 0 atom stereocenters. The number of ether oxygens (including phenoxy) is 1. The number of tetrazole rings is 1. The van der Waals surface area contributed by atoms with Crippen LogP contribution in [0.1, 0.15) is 5.82 Å². The molecule has 0 fully saturated rings. The number of methoxy groups -OCH3 is 1. The van der Waals surface area contributed by atoms with Crippen LogP contribution in [0.2, 0.25) is 0 Å². The van der Waals surface area contributed by atoms with E-state index in [9.17, 15) is 13.2 Å². The van der Waals surface area contributed by atoms with Gasteiger partial charge in [-0.25, -0.2) is 4.98 Å². The Balaban J connectivity index is 2.43. The van der Waals surface area contributed by atoms with E-state index in [1.165, 1.54) is 25.4 Å². The quantitative estimate of drug-likeness (QED) is 0.792. The van der Waals surface area contributed by atoms with E-state index < -0.39 is 12.0 Å². The Kier molecular flexibility index (Phi) is 2.66. The third kappa shape index (κ3) is 2.17. The molecule has 0 saturated carbocycles. The van der Waals surface area contributed by atoms with Gasteiger partial charge in [-0.3, -0.25) is 0 Å². The lowest BCUT2D eigenvalue weighted by atomic mass is 10.4. The lowest BCUT2D eigenvalue weighted by Gasteiger charge is -2.06. The second-order valence-electron chi connectivity index (χ2n) is 2.97. The first-order valence-electron chi connectivity index (χ1n) is 4.38. The van der Waals surface area contributed by atoms with Crippen molar-refractivity contribution >= 4 is 0 Å². The van der Waals surface area contributed by atoms with Gasteiger partial charge in [0.15, 0.2) is 0 Å². The summed E-state index contributed by atoms with van der Waals surface area (Å²) >= 11 is 0. The van der Waals surface area contributed by atoms with Crippen LogP contribution in [0.3, 0.4) is 0 Å². The molecule has 0 aliphatic carbocycles. The summed E-state index contributed by atoms with van der Waals surface area (Å²) in [6, 6.07) is 2.79. The molecule has 0 amide bonds. The topological polar surface area (TPSA) is 65.7 Å². The van der Waals surface area contributed by atoms with E-state index >= 15 is 0 Å². The molecule has 6 nitrogen and oxygen atoms in total. The van der Waals surface area contributed by atoms with Gasteiger partial charge in [-0.1, -0.05) is 0 Å². The van der Waals surface area contributed by atoms with Crippen molar-refractivity contribution in [2.45, 2.75) is 6.18 Å². The molecule has 0 radical (unpaired) electrons. The Bertz CT molecular complexity index is 507. The Labute approximate surface area is 93.0 Å². The number of hydrogen-bond donors (Lipinski definition) is 0. The molecule has 0 aliphatic heterocycles. The van der Waals surface area contributed by atoms with Crippen molar-refractivity contribution in [3.8, 4) is 11.6 Å². The molecule has 0 saturated heterocycles. The highest BCUT2D eigenvalue weighted by Crippen LogP contribution is 2.28. The molecule has 2 heterocycles. The number of halogens is 3. The zero-order valence-electron chi connectivity index (χ0n) is 8.51. The average molecular weight is 245 g/mol. The fourth-order valence-electron chi connectivity index (χ4n) is 1.16. The highest BCUT2D eigenvalue weighted by molar-refractivity contribution is 5.31. The number of pyridine rings is 1. The monoisotopic (exact) mass is 245 g/mol. The van der Waals surface area contributed by atoms with Crippen LogP contribution in [0.25, 0.3) is 5.69 Å².